The Bertz CT molecular complexity index is 947. The van der Waals surface area contributed by atoms with Crippen LogP contribution in [-0.2, 0) is 14.3 Å². The third-order valence-electron chi connectivity index (χ3n) is 4.17. The monoisotopic (exact) mass is 434 g/mol. The van der Waals surface area contributed by atoms with Crippen LogP contribution >= 0.6 is 11.6 Å². The van der Waals surface area contributed by atoms with Crippen molar-refractivity contribution >= 4 is 35.1 Å². The second kappa shape index (κ2) is 10.5. The van der Waals surface area contributed by atoms with Gasteiger partial charge < -0.3 is 24.8 Å². The number of anilines is 1. The molecule has 2 aromatic rings. The fourth-order valence-electron chi connectivity index (χ4n) is 2.49. The van der Waals surface area contributed by atoms with Crippen LogP contribution in [-0.4, -0.2) is 44.7 Å². The molecule has 1 atom stereocenters. The fourth-order valence-corrected chi connectivity index (χ4v) is 2.66. The Labute approximate surface area is 179 Å². The van der Waals surface area contributed by atoms with Crippen LogP contribution in [0.15, 0.2) is 36.4 Å². The first-order valence-electron chi connectivity index (χ1n) is 9.02. The van der Waals surface area contributed by atoms with Gasteiger partial charge in [0.1, 0.15) is 6.54 Å². The Kier molecular flexibility index (Phi) is 8.06. The van der Waals surface area contributed by atoms with Crippen LogP contribution in [0.2, 0.25) is 5.02 Å². The molecule has 0 fully saturated rings. The van der Waals surface area contributed by atoms with E-state index < -0.39 is 30.4 Å². The highest BCUT2D eigenvalue weighted by atomic mass is 35.5. The molecule has 1 unspecified atom stereocenters. The summed E-state index contributed by atoms with van der Waals surface area (Å²) in [4.78, 5) is 36.5. The number of ether oxygens (including phenoxy) is 3. The van der Waals surface area contributed by atoms with Crippen LogP contribution < -0.4 is 20.1 Å². The topological polar surface area (TPSA) is 103 Å². The van der Waals surface area contributed by atoms with E-state index in [1.54, 1.807) is 24.3 Å². The maximum Gasteiger partial charge on any atom is 0.326 e. The van der Waals surface area contributed by atoms with E-state index in [2.05, 4.69) is 10.6 Å². The molecule has 0 saturated heterocycles. The summed E-state index contributed by atoms with van der Waals surface area (Å²) in [7, 11) is 2.94. The van der Waals surface area contributed by atoms with Gasteiger partial charge in [0.15, 0.2) is 17.6 Å². The lowest BCUT2D eigenvalue weighted by atomic mass is 10.2. The quantitative estimate of drug-likeness (QED) is 0.619. The van der Waals surface area contributed by atoms with Crippen LogP contribution in [0.25, 0.3) is 0 Å². The highest BCUT2D eigenvalue weighted by Crippen LogP contribution is 2.27. The van der Waals surface area contributed by atoms with Crippen LogP contribution in [0, 0.1) is 6.92 Å². The maximum absolute atomic E-state index is 12.3. The maximum atomic E-state index is 12.3. The average Bonchev–Trinajstić information content (AvgIpc) is 2.73. The second-order valence-corrected chi connectivity index (χ2v) is 6.77. The van der Waals surface area contributed by atoms with E-state index in [-0.39, 0.29) is 5.56 Å². The number of carbonyl (C=O) groups is 3. The van der Waals surface area contributed by atoms with Crippen molar-refractivity contribution in [2.75, 3.05) is 26.1 Å². The number of nitrogens with one attached hydrogen (secondary N) is 2. The molecule has 0 aliphatic rings. The number of amides is 2. The molecule has 0 aliphatic heterocycles. The van der Waals surface area contributed by atoms with Crippen LogP contribution in [0.4, 0.5) is 5.69 Å². The van der Waals surface area contributed by atoms with Crippen molar-refractivity contribution < 1.29 is 28.6 Å². The number of halogens is 1. The van der Waals surface area contributed by atoms with Gasteiger partial charge in [-0.2, -0.15) is 0 Å². The largest absolute Gasteiger partial charge is 0.493 e. The molecular formula is C21H23ClN2O6. The van der Waals surface area contributed by atoms with Gasteiger partial charge in [0.25, 0.3) is 11.8 Å². The number of aryl methyl sites for hydroxylation is 1. The number of esters is 1. The first-order valence-corrected chi connectivity index (χ1v) is 9.39. The van der Waals surface area contributed by atoms with Gasteiger partial charge in [0, 0.05) is 16.3 Å². The summed E-state index contributed by atoms with van der Waals surface area (Å²) in [5.41, 5.74) is 1.62. The van der Waals surface area contributed by atoms with Gasteiger partial charge in [-0.25, -0.2) is 0 Å². The van der Waals surface area contributed by atoms with Gasteiger partial charge in [0.2, 0.25) is 0 Å². The molecule has 0 spiro atoms. The number of hydrogen-bond acceptors (Lipinski definition) is 6. The van der Waals surface area contributed by atoms with E-state index >= 15 is 0 Å². The third kappa shape index (κ3) is 6.12. The molecule has 2 aromatic carbocycles. The second-order valence-electron chi connectivity index (χ2n) is 6.33. The zero-order chi connectivity index (χ0) is 22.3. The first kappa shape index (κ1) is 23.0. The Morgan fingerprint density at radius 3 is 2.40 bits per heavy atom. The van der Waals surface area contributed by atoms with Crippen molar-refractivity contribution in [3.63, 3.8) is 0 Å². The van der Waals surface area contributed by atoms with Gasteiger partial charge in [-0.05, 0) is 49.7 Å². The van der Waals surface area contributed by atoms with Crippen LogP contribution in [0.5, 0.6) is 11.5 Å². The zero-order valence-electron chi connectivity index (χ0n) is 17.1. The Morgan fingerprint density at radius 2 is 1.73 bits per heavy atom. The van der Waals surface area contributed by atoms with Crippen molar-refractivity contribution in [3.05, 3.63) is 52.5 Å². The number of benzene rings is 2. The summed E-state index contributed by atoms with van der Waals surface area (Å²) < 4.78 is 15.3. The standard InChI is InChI=1S/C21H23ClN2O6/c1-12-5-7-15(22)10-16(12)24-20(26)13(2)30-19(25)11-23-21(27)14-6-8-17(28-3)18(9-14)29-4/h5-10,13H,11H2,1-4H3,(H,23,27)(H,24,26). The molecular weight excluding hydrogens is 412 g/mol. The third-order valence-corrected chi connectivity index (χ3v) is 4.41. The lowest BCUT2D eigenvalue weighted by Crippen LogP contribution is -2.36. The van der Waals surface area contributed by atoms with E-state index in [4.69, 9.17) is 25.8 Å². The van der Waals surface area contributed by atoms with E-state index in [0.717, 1.165) is 5.56 Å². The minimum absolute atomic E-state index is 0.280. The lowest BCUT2D eigenvalue weighted by molar-refractivity contribution is -0.152. The smallest absolute Gasteiger partial charge is 0.326 e. The molecule has 8 nitrogen and oxygen atoms in total. The molecule has 2 rings (SSSR count). The summed E-state index contributed by atoms with van der Waals surface area (Å²) in [6.07, 6.45) is -1.06. The minimum atomic E-state index is -1.06. The summed E-state index contributed by atoms with van der Waals surface area (Å²) in [6, 6.07) is 9.67. The molecule has 0 saturated carbocycles. The number of carbonyl (C=O) groups excluding carboxylic acids is 3. The predicted octanol–water partition coefficient (Wildman–Crippen LogP) is 2.97. The van der Waals surface area contributed by atoms with E-state index in [1.807, 2.05) is 6.92 Å². The predicted molar refractivity (Wildman–Crippen MR) is 112 cm³/mol. The van der Waals surface area contributed by atoms with Crippen molar-refractivity contribution in [2.24, 2.45) is 0 Å². The molecule has 0 aromatic heterocycles. The van der Waals surface area contributed by atoms with E-state index in [0.29, 0.717) is 22.2 Å². The normalized spacial score (nSPS) is 11.2. The SMILES string of the molecule is COc1ccc(C(=O)NCC(=O)OC(C)C(=O)Nc2cc(Cl)ccc2C)cc1OC. The van der Waals surface area contributed by atoms with Gasteiger partial charge in [0.05, 0.1) is 14.2 Å². The lowest BCUT2D eigenvalue weighted by Gasteiger charge is -2.15. The molecule has 0 heterocycles. The summed E-state index contributed by atoms with van der Waals surface area (Å²) >= 11 is 5.93. The number of hydrogen-bond donors (Lipinski definition) is 2. The Morgan fingerprint density at radius 1 is 1.03 bits per heavy atom. The van der Waals surface area contributed by atoms with E-state index in [9.17, 15) is 14.4 Å². The Balaban J connectivity index is 1.88. The summed E-state index contributed by atoms with van der Waals surface area (Å²) in [6.45, 7) is 2.84. The van der Waals surface area contributed by atoms with Crippen LogP contribution in [0.1, 0.15) is 22.8 Å². The molecule has 0 bridgehead atoms. The summed E-state index contributed by atoms with van der Waals surface area (Å²) in [5, 5.41) is 5.57. The molecule has 30 heavy (non-hydrogen) atoms. The van der Waals surface area contributed by atoms with Gasteiger partial charge >= 0.3 is 5.97 Å². The number of methoxy groups -OCH3 is 2. The van der Waals surface area contributed by atoms with Crippen molar-refractivity contribution in [2.45, 2.75) is 20.0 Å². The van der Waals surface area contributed by atoms with Crippen LogP contribution in [0.3, 0.4) is 0 Å². The molecule has 2 amide bonds. The highest BCUT2D eigenvalue weighted by molar-refractivity contribution is 6.31. The van der Waals surface area contributed by atoms with Gasteiger partial charge in [-0.3, -0.25) is 14.4 Å². The molecule has 0 radical (unpaired) electrons. The van der Waals surface area contributed by atoms with Crippen molar-refractivity contribution in [3.8, 4) is 11.5 Å². The molecule has 160 valence electrons. The van der Waals surface area contributed by atoms with Gasteiger partial charge in [-0.15, -0.1) is 0 Å². The molecule has 2 N–H and O–H groups in total. The minimum Gasteiger partial charge on any atom is -0.493 e. The summed E-state index contributed by atoms with van der Waals surface area (Å²) in [5.74, 6) is -0.911. The fraction of sp³-hybridized carbons (Fsp3) is 0.286. The van der Waals surface area contributed by atoms with E-state index in [1.165, 1.54) is 33.3 Å². The zero-order valence-corrected chi connectivity index (χ0v) is 17.8. The van der Waals surface area contributed by atoms with Crippen molar-refractivity contribution in [1.82, 2.24) is 5.32 Å². The number of rotatable bonds is 8. The molecule has 9 heteroatoms. The molecule has 0 aliphatic carbocycles. The average molecular weight is 435 g/mol. The van der Waals surface area contributed by atoms with Crippen molar-refractivity contribution in [1.29, 1.82) is 0 Å². The first-order chi connectivity index (χ1) is 14.2. The highest BCUT2D eigenvalue weighted by Gasteiger charge is 2.19. The van der Waals surface area contributed by atoms with Gasteiger partial charge in [-0.1, -0.05) is 17.7 Å². The Hall–Kier alpha value is -3.26.